The van der Waals surface area contributed by atoms with Gasteiger partial charge in [0.2, 0.25) is 11.8 Å². The van der Waals surface area contributed by atoms with Crippen LogP contribution in [0.2, 0.25) is 0 Å². The Morgan fingerprint density at radius 1 is 1.37 bits per heavy atom. The highest BCUT2D eigenvalue weighted by molar-refractivity contribution is 5.95. The lowest BCUT2D eigenvalue weighted by molar-refractivity contribution is -0.131. The number of carbonyl (C=O) groups excluding carboxylic acids is 2. The normalized spacial score (nSPS) is 19.1. The van der Waals surface area contributed by atoms with E-state index in [0.29, 0.717) is 25.3 Å². The number of benzene rings is 1. The van der Waals surface area contributed by atoms with Crippen molar-refractivity contribution in [3.05, 3.63) is 30.1 Å². The first-order chi connectivity index (χ1) is 9.06. The van der Waals surface area contributed by atoms with Gasteiger partial charge in [-0.3, -0.25) is 9.59 Å². The standard InChI is InChI=1S/C13H16FN3O2/c1-9(18)17-7-6-15-12(8-17)13(19)16-11-4-2-10(14)3-5-11/h2-5,12,15H,6-8H2,1H3,(H,16,19)/t12-/m0/s1. The third kappa shape index (κ3) is 3.51. The molecule has 2 rings (SSSR count). The molecule has 1 atom stereocenters. The number of rotatable bonds is 2. The number of halogens is 1. The maximum absolute atomic E-state index is 12.7. The first-order valence-electron chi connectivity index (χ1n) is 6.11. The Morgan fingerprint density at radius 2 is 2.05 bits per heavy atom. The minimum absolute atomic E-state index is 0.0407. The molecule has 1 aromatic carbocycles. The van der Waals surface area contributed by atoms with Crippen molar-refractivity contribution in [3.63, 3.8) is 0 Å². The van der Waals surface area contributed by atoms with E-state index in [-0.39, 0.29) is 17.6 Å². The predicted octanol–water partition coefficient (Wildman–Crippen LogP) is 0.584. The highest BCUT2D eigenvalue weighted by atomic mass is 19.1. The summed E-state index contributed by atoms with van der Waals surface area (Å²) in [5.41, 5.74) is 0.535. The molecule has 0 bridgehead atoms. The molecule has 1 fully saturated rings. The summed E-state index contributed by atoms with van der Waals surface area (Å²) >= 11 is 0. The van der Waals surface area contributed by atoms with E-state index in [2.05, 4.69) is 10.6 Å². The fourth-order valence-electron chi connectivity index (χ4n) is 1.97. The predicted molar refractivity (Wildman–Crippen MR) is 69.1 cm³/mol. The molecule has 1 aromatic rings. The van der Waals surface area contributed by atoms with Crippen LogP contribution < -0.4 is 10.6 Å². The van der Waals surface area contributed by atoms with E-state index in [1.54, 1.807) is 4.90 Å². The molecular formula is C13H16FN3O2. The molecule has 1 saturated heterocycles. The Balaban J connectivity index is 1.96. The summed E-state index contributed by atoms with van der Waals surface area (Å²) < 4.78 is 12.7. The quantitative estimate of drug-likeness (QED) is 0.822. The van der Waals surface area contributed by atoms with Gasteiger partial charge in [-0.2, -0.15) is 0 Å². The Morgan fingerprint density at radius 3 is 2.68 bits per heavy atom. The molecule has 0 radical (unpaired) electrons. The summed E-state index contributed by atoms with van der Waals surface area (Å²) in [5, 5.41) is 5.75. The van der Waals surface area contributed by atoms with Gasteiger partial charge in [-0.1, -0.05) is 0 Å². The van der Waals surface area contributed by atoms with Gasteiger partial charge in [-0.25, -0.2) is 4.39 Å². The summed E-state index contributed by atoms with van der Waals surface area (Å²) in [6, 6.07) is 5.12. The van der Waals surface area contributed by atoms with Crippen LogP contribution in [0.25, 0.3) is 0 Å². The van der Waals surface area contributed by atoms with Crippen molar-refractivity contribution in [2.75, 3.05) is 25.0 Å². The number of carbonyl (C=O) groups is 2. The van der Waals surface area contributed by atoms with Gasteiger partial charge in [0.1, 0.15) is 11.9 Å². The minimum Gasteiger partial charge on any atom is -0.340 e. The highest BCUT2D eigenvalue weighted by Crippen LogP contribution is 2.09. The van der Waals surface area contributed by atoms with Gasteiger partial charge in [-0.15, -0.1) is 0 Å². The van der Waals surface area contributed by atoms with Gasteiger partial charge in [0.15, 0.2) is 0 Å². The molecule has 0 saturated carbocycles. The lowest BCUT2D eigenvalue weighted by Crippen LogP contribution is -2.56. The number of nitrogens with one attached hydrogen (secondary N) is 2. The van der Waals surface area contributed by atoms with Gasteiger partial charge in [0.25, 0.3) is 0 Å². The molecule has 19 heavy (non-hydrogen) atoms. The van der Waals surface area contributed by atoms with Crippen LogP contribution in [0.15, 0.2) is 24.3 Å². The zero-order valence-electron chi connectivity index (χ0n) is 10.6. The first-order valence-corrected chi connectivity index (χ1v) is 6.11. The summed E-state index contributed by atoms with van der Waals surface area (Å²) in [4.78, 5) is 24.9. The van der Waals surface area contributed by atoms with Crippen LogP contribution in [0.1, 0.15) is 6.92 Å². The van der Waals surface area contributed by atoms with E-state index in [4.69, 9.17) is 0 Å². The van der Waals surface area contributed by atoms with Crippen molar-refractivity contribution in [3.8, 4) is 0 Å². The first kappa shape index (κ1) is 13.5. The Bertz CT molecular complexity index is 475. The minimum atomic E-state index is -0.442. The molecule has 1 heterocycles. The number of hydrogen-bond donors (Lipinski definition) is 2. The second-order valence-corrected chi connectivity index (χ2v) is 4.47. The van der Waals surface area contributed by atoms with Crippen molar-refractivity contribution in [2.45, 2.75) is 13.0 Å². The van der Waals surface area contributed by atoms with Gasteiger partial charge < -0.3 is 15.5 Å². The SMILES string of the molecule is CC(=O)N1CCN[C@H](C(=O)Nc2ccc(F)cc2)C1. The lowest BCUT2D eigenvalue weighted by Gasteiger charge is -2.32. The lowest BCUT2D eigenvalue weighted by atomic mass is 10.2. The van der Waals surface area contributed by atoms with E-state index in [0.717, 1.165) is 0 Å². The van der Waals surface area contributed by atoms with E-state index in [1.807, 2.05) is 0 Å². The van der Waals surface area contributed by atoms with E-state index < -0.39 is 6.04 Å². The number of anilines is 1. The Hall–Kier alpha value is -1.95. The molecule has 2 amide bonds. The number of hydrogen-bond acceptors (Lipinski definition) is 3. The van der Waals surface area contributed by atoms with Crippen LogP contribution in [0.3, 0.4) is 0 Å². The average molecular weight is 265 g/mol. The molecule has 1 aliphatic rings. The van der Waals surface area contributed by atoms with Crippen LogP contribution in [0.4, 0.5) is 10.1 Å². The number of amides is 2. The summed E-state index contributed by atoms with van der Waals surface area (Å²) in [7, 11) is 0. The topological polar surface area (TPSA) is 61.4 Å². The average Bonchev–Trinajstić information content (AvgIpc) is 2.41. The molecule has 0 spiro atoms. The van der Waals surface area contributed by atoms with Crippen molar-refractivity contribution in [1.29, 1.82) is 0 Å². The summed E-state index contributed by atoms with van der Waals surface area (Å²) in [6.07, 6.45) is 0. The van der Waals surface area contributed by atoms with Gasteiger partial charge in [0.05, 0.1) is 0 Å². The van der Waals surface area contributed by atoms with Gasteiger partial charge in [0, 0.05) is 32.2 Å². The maximum Gasteiger partial charge on any atom is 0.243 e. The molecule has 0 aromatic heterocycles. The fraction of sp³-hybridized carbons (Fsp3) is 0.385. The zero-order valence-corrected chi connectivity index (χ0v) is 10.6. The summed E-state index contributed by atoms with van der Waals surface area (Å²) in [6.45, 7) is 3.03. The largest absolute Gasteiger partial charge is 0.340 e. The Labute approximate surface area is 110 Å². The van der Waals surface area contributed by atoms with E-state index in [9.17, 15) is 14.0 Å². The van der Waals surface area contributed by atoms with Crippen molar-refractivity contribution < 1.29 is 14.0 Å². The van der Waals surface area contributed by atoms with E-state index in [1.165, 1.54) is 31.2 Å². The van der Waals surface area contributed by atoms with Crippen LogP contribution in [-0.2, 0) is 9.59 Å². The summed E-state index contributed by atoms with van der Waals surface area (Å²) in [5.74, 6) is -0.616. The van der Waals surface area contributed by atoms with Crippen molar-refractivity contribution >= 4 is 17.5 Å². The third-order valence-corrected chi connectivity index (χ3v) is 3.05. The molecular weight excluding hydrogens is 249 g/mol. The van der Waals surface area contributed by atoms with Gasteiger partial charge >= 0.3 is 0 Å². The van der Waals surface area contributed by atoms with Crippen LogP contribution >= 0.6 is 0 Å². The fourth-order valence-corrected chi connectivity index (χ4v) is 1.97. The van der Waals surface area contributed by atoms with Crippen LogP contribution in [-0.4, -0.2) is 42.4 Å². The van der Waals surface area contributed by atoms with Gasteiger partial charge in [-0.05, 0) is 24.3 Å². The molecule has 0 aliphatic carbocycles. The van der Waals surface area contributed by atoms with Crippen LogP contribution in [0.5, 0.6) is 0 Å². The molecule has 6 heteroatoms. The monoisotopic (exact) mass is 265 g/mol. The maximum atomic E-state index is 12.7. The smallest absolute Gasteiger partial charge is 0.243 e. The molecule has 2 N–H and O–H groups in total. The second-order valence-electron chi connectivity index (χ2n) is 4.47. The molecule has 102 valence electrons. The molecule has 5 nitrogen and oxygen atoms in total. The highest BCUT2D eigenvalue weighted by Gasteiger charge is 2.26. The van der Waals surface area contributed by atoms with Crippen molar-refractivity contribution in [2.24, 2.45) is 0 Å². The van der Waals surface area contributed by atoms with Crippen molar-refractivity contribution in [1.82, 2.24) is 10.2 Å². The Kier molecular flexibility index (Phi) is 4.11. The molecule has 0 unspecified atom stereocenters. The number of piperazine rings is 1. The van der Waals surface area contributed by atoms with E-state index >= 15 is 0 Å². The second kappa shape index (κ2) is 5.79. The number of nitrogens with zero attached hydrogens (tertiary/aromatic N) is 1. The zero-order chi connectivity index (χ0) is 13.8. The molecule has 1 aliphatic heterocycles. The third-order valence-electron chi connectivity index (χ3n) is 3.05. The van der Waals surface area contributed by atoms with Crippen LogP contribution in [0, 0.1) is 5.82 Å².